The third kappa shape index (κ3) is 2.26. The fourth-order valence-corrected chi connectivity index (χ4v) is 1.36. The number of nitrogens with zero attached hydrogens (tertiary/aromatic N) is 1. The van der Waals surface area contributed by atoms with Gasteiger partial charge in [0.05, 0.1) is 11.9 Å². The number of rotatable bonds is 2. The highest BCUT2D eigenvalue weighted by atomic mass is 16.1. The molecule has 1 aromatic carbocycles. The minimum Gasteiger partial charge on any atom is -0.396 e. The van der Waals surface area contributed by atoms with Crippen molar-refractivity contribution >= 4 is 17.3 Å². The molecule has 0 fully saturated rings. The summed E-state index contributed by atoms with van der Waals surface area (Å²) in [6.45, 7) is 0. The number of carbonyl (C=O) groups is 1. The van der Waals surface area contributed by atoms with E-state index in [1.807, 2.05) is 0 Å². The summed E-state index contributed by atoms with van der Waals surface area (Å²) in [5.74, 6) is 2.14. The number of nitrogens with two attached hydrogens (primary N) is 1. The van der Waals surface area contributed by atoms with Crippen LogP contribution in [0.1, 0.15) is 16.1 Å². The van der Waals surface area contributed by atoms with Crippen molar-refractivity contribution in [2.75, 3.05) is 11.1 Å². The Morgan fingerprint density at radius 1 is 1.53 bits per heavy atom. The quantitative estimate of drug-likeness (QED) is 0.673. The van der Waals surface area contributed by atoms with Crippen LogP contribution < -0.4 is 11.1 Å². The molecular weight excluding hydrogens is 216 g/mol. The van der Waals surface area contributed by atoms with Gasteiger partial charge < -0.3 is 11.1 Å². The number of aromatic nitrogens is 2. The molecule has 1 aromatic heterocycles. The standard InChI is InChI=1S/C12H10N4O/c1-2-8-4-3-5-9(6-8)15-12(17)11-10(13)7-14-16-11/h1,3-7H,13H2,(H,14,16)(H,15,17). The Hall–Kier alpha value is -2.74. The zero-order chi connectivity index (χ0) is 12.3. The first-order valence-corrected chi connectivity index (χ1v) is 4.87. The second kappa shape index (κ2) is 4.41. The molecule has 0 aliphatic carbocycles. The Bertz CT molecular complexity index is 595. The van der Waals surface area contributed by atoms with E-state index >= 15 is 0 Å². The lowest BCUT2D eigenvalue weighted by Gasteiger charge is -2.04. The summed E-state index contributed by atoms with van der Waals surface area (Å²) in [6, 6.07) is 6.98. The third-order valence-electron chi connectivity index (χ3n) is 2.18. The molecule has 4 N–H and O–H groups in total. The van der Waals surface area contributed by atoms with E-state index < -0.39 is 0 Å². The SMILES string of the molecule is C#Cc1cccc(NC(=O)c2[nH]ncc2N)c1. The predicted octanol–water partition coefficient (Wildman–Crippen LogP) is 1.23. The Morgan fingerprint density at radius 2 is 2.35 bits per heavy atom. The van der Waals surface area contributed by atoms with E-state index in [2.05, 4.69) is 21.4 Å². The van der Waals surface area contributed by atoms with Crippen LogP contribution in [0.4, 0.5) is 11.4 Å². The molecule has 1 amide bonds. The van der Waals surface area contributed by atoms with Gasteiger partial charge in [0.1, 0.15) is 5.69 Å². The van der Waals surface area contributed by atoms with Crippen molar-refractivity contribution in [2.45, 2.75) is 0 Å². The van der Waals surface area contributed by atoms with Crippen LogP contribution >= 0.6 is 0 Å². The van der Waals surface area contributed by atoms with Gasteiger partial charge in [-0.2, -0.15) is 5.10 Å². The van der Waals surface area contributed by atoms with Crippen molar-refractivity contribution in [1.82, 2.24) is 10.2 Å². The fraction of sp³-hybridized carbons (Fsp3) is 0. The first-order chi connectivity index (χ1) is 8.20. The van der Waals surface area contributed by atoms with Gasteiger partial charge in [-0.3, -0.25) is 9.89 Å². The van der Waals surface area contributed by atoms with E-state index in [-0.39, 0.29) is 11.6 Å². The minimum absolute atomic E-state index is 0.233. The third-order valence-corrected chi connectivity index (χ3v) is 2.18. The van der Waals surface area contributed by atoms with Crippen molar-refractivity contribution in [2.24, 2.45) is 0 Å². The van der Waals surface area contributed by atoms with Crippen LogP contribution in [-0.2, 0) is 0 Å². The minimum atomic E-state index is -0.353. The molecule has 0 aliphatic rings. The first-order valence-electron chi connectivity index (χ1n) is 4.87. The van der Waals surface area contributed by atoms with Crippen molar-refractivity contribution < 1.29 is 4.79 Å². The largest absolute Gasteiger partial charge is 0.396 e. The molecular formula is C12H10N4O. The van der Waals surface area contributed by atoms with E-state index in [0.717, 1.165) is 0 Å². The zero-order valence-electron chi connectivity index (χ0n) is 8.90. The molecule has 2 aromatic rings. The smallest absolute Gasteiger partial charge is 0.275 e. The van der Waals surface area contributed by atoms with Gasteiger partial charge in [-0.25, -0.2) is 0 Å². The number of hydrogen-bond acceptors (Lipinski definition) is 3. The van der Waals surface area contributed by atoms with Crippen molar-refractivity contribution in [3.63, 3.8) is 0 Å². The number of hydrogen-bond donors (Lipinski definition) is 3. The lowest BCUT2D eigenvalue weighted by molar-refractivity contribution is 0.102. The maximum absolute atomic E-state index is 11.8. The summed E-state index contributed by atoms with van der Waals surface area (Å²) in [5, 5.41) is 8.88. The molecule has 0 saturated heterocycles. The number of anilines is 2. The average Bonchev–Trinajstić information content (AvgIpc) is 2.76. The maximum Gasteiger partial charge on any atom is 0.275 e. The van der Waals surface area contributed by atoms with Crippen molar-refractivity contribution in [3.05, 3.63) is 41.7 Å². The van der Waals surface area contributed by atoms with E-state index in [1.54, 1.807) is 24.3 Å². The maximum atomic E-state index is 11.8. The highest BCUT2D eigenvalue weighted by molar-refractivity contribution is 6.06. The lowest BCUT2D eigenvalue weighted by Crippen LogP contribution is -2.14. The molecule has 1 heterocycles. The number of terminal acetylenes is 1. The van der Waals surface area contributed by atoms with Crippen molar-refractivity contribution in [3.8, 4) is 12.3 Å². The van der Waals surface area contributed by atoms with Crippen LogP contribution in [0.15, 0.2) is 30.5 Å². The van der Waals surface area contributed by atoms with Gasteiger partial charge in [-0.15, -0.1) is 6.42 Å². The van der Waals surface area contributed by atoms with E-state index in [9.17, 15) is 4.79 Å². The van der Waals surface area contributed by atoms with Crippen LogP contribution in [0.5, 0.6) is 0 Å². The van der Waals surface area contributed by atoms with Gasteiger partial charge in [0, 0.05) is 11.3 Å². The van der Waals surface area contributed by atoms with E-state index in [0.29, 0.717) is 16.9 Å². The normalized spacial score (nSPS) is 9.59. The molecule has 0 saturated carbocycles. The van der Waals surface area contributed by atoms with E-state index in [4.69, 9.17) is 12.2 Å². The van der Waals surface area contributed by atoms with Crippen LogP contribution in [0.25, 0.3) is 0 Å². The van der Waals surface area contributed by atoms with Crippen LogP contribution in [0.3, 0.4) is 0 Å². The molecule has 0 atom stereocenters. The number of benzene rings is 1. The second-order valence-electron chi connectivity index (χ2n) is 3.38. The van der Waals surface area contributed by atoms with Crippen molar-refractivity contribution in [1.29, 1.82) is 0 Å². The number of nitrogen functional groups attached to an aromatic ring is 1. The molecule has 0 unspecified atom stereocenters. The second-order valence-corrected chi connectivity index (χ2v) is 3.38. The van der Waals surface area contributed by atoms with Gasteiger partial charge in [0.15, 0.2) is 0 Å². The summed E-state index contributed by atoms with van der Waals surface area (Å²) in [6.07, 6.45) is 6.65. The number of nitrogens with one attached hydrogen (secondary N) is 2. The number of H-pyrrole nitrogens is 1. The molecule has 0 spiro atoms. The van der Waals surface area contributed by atoms with Crippen LogP contribution in [-0.4, -0.2) is 16.1 Å². The molecule has 0 aliphatic heterocycles. The molecule has 0 bridgehead atoms. The van der Waals surface area contributed by atoms with Gasteiger partial charge in [-0.1, -0.05) is 12.0 Å². The van der Waals surface area contributed by atoms with Crippen LogP contribution in [0.2, 0.25) is 0 Å². The Kier molecular flexibility index (Phi) is 2.79. The zero-order valence-corrected chi connectivity index (χ0v) is 8.90. The average molecular weight is 226 g/mol. The van der Waals surface area contributed by atoms with Gasteiger partial charge in [0.25, 0.3) is 5.91 Å². The monoisotopic (exact) mass is 226 g/mol. The number of aromatic amines is 1. The summed E-state index contributed by atoms with van der Waals surface area (Å²) >= 11 is 0. The molecule has 84 valence electrons. The molecule has 5 heteroatoms. The predicted molar refractivity (Wildman–Crippen MR) is 65.3 cm³/mol. The summed E-state index contributed by atoms with van der Waals surface area (Å²) in [7, 11) is 0. The molecule has 0 radical (unpaired) electrons. The summed E-state index contributed by atoms with van der Waals surface area (Å²) in [4.78, 5) is 11.8. The Morgan fingerprint density at radius 3 is 3.00 bits per heavy atom. The first kappa shape index (κ1) is 10.8. The summed E-state index contributed by atoms with van der Waals surface area (Å²) in [5.41, 5.74) is 7.40. The Labute approximate surface area is 98.0 Å². The lowest BCUT2D eigenvalue weighted by atomic mass is 10.2. The Balaban J connectivity index is 2.19. The van der Waals surface area contributed by atoms with E-state index in [1.165, 1.54) is 6.20 Å². The molecule has 2 rings (SSSR count). The highest BCUT2D eigenvalue weighted by Crippen LogP contribution is 2.13. The topological polar surface area (TPSA) is 83.8 Å². The van der Waals surface area contributed by atoms with Crippen LogP contribution in [0, 0.1) is 12.3 Å². The molecule has 17 heavy (non-hydrogen) atoms. The number of carbonyl (C=O) groups excluding carboxylic acids is 1. The number of amides is 1. The fourth-order valence-electron chi connectivity index (χ4n) is 1.36. The summed E-state index contributed by atoms with van der Waals surface area (Å²) < 4.78 is 0. The van der Waals surface area contributed by atoms with Gasteiger partial charge in [-0.05, 0) is 18.2 Å². The molecule has 5 nitrogen and oxygen atoms in total. The highest BCUT2D eigenvalue weighted by Gasteiger charge is 2.11. The van der Waals surface area contributed by atoms with Gasteiger partial charge >= 0.3 is 0 Å². The van der Waals surface area contributed by atoms with Gasteiger partial charge in [0.2, 0.25) is 0 Å².